The van der Waals surface area contributed by atoms with Crippen molar-refractivity contribution in [2.24, 2.45) is 0 Å². The van der Waals surface area contributed by atoms with Crippen molar-refractivity contribution in [3.05, 3.63) is 70.8 Å². The monoisotopic (exact) mass is 429 g/mol. The molecule has 0 aromatic heterocycles. The van der Waals surface area contributed by atoms with E-state index < -0.39 is 8.25 Å². The molecule has 0 fully saturated rings. The number of rotatable bonds is 14. The molecule has 0 heterocycles. The first-order valence-corrected chi connectivity index (χ1v) is 12.6. The van der Waals surface area contributed by atoms with E-state index in [1.807, 2.05) is 0 Å². The zero-order valence-corrected chi connectivity index (χ0v) is 20.0. The van der Waals surface area contributed by atoms with Gasteiger partial charge in [0, 0.05) is 4.57 Å². The predicted octanol–water partition coefficient (Wildman–Crippen LogP) is 8.66. The zero-order valence-electron chi connectivity index (χ0n) is 19.1. The lowest BCUT2D eigenvalue weighted by atomic mass is 9.92. The molecule has 2 atom stereocenters. The van der Waals surface area contributed by atoms with Gasteiger partial charge in [-0.3, -0.25) is 0 Å². The lowest BCUT2D eigenvalue weighted by Gasteiger charge is -2.14. The third kappa shape index (κ3) is 7.95. The Labute approximate surface area is 184 Å². The van der Waals surface area contributed by atoms with Crippen molar-refractivity contribution in [3.63, 3.8) is 0 Å². The molecule has 0 amide bonds. The van der Waals surface area contributed by atoms with E-state index in [0.29, 0.717) is 25.0 Å². The normalized spacial score (nSPS) is 13.8. The fourth-order valence-corrected chi connectivity index (χ4v) is 4.56. The summed E-state index contributed by atoms with van der Waals surface area (Å²) >= 11 is 0. The minimum Gasteiger partial charge on any atom is -0.114 e. The predicted molar refractivity (Wildman–Crippen MR) is 126 cm³/mol. The van der Waals surface area contributed by atoms with E-state index >= 15 is 0 Å². The topological polar surface area (TPSA) is 35.5 Å². The molecule has 164 valence electrons. The molecule has 2 aromatic rings. The van der Waals surface area contributed by atoms with E-state index in [1.54, 1.807) is 0 Å². The van der Waals surface area contributed by atoms with Crippen LogP contribution >= 0.6 is 8.25 Å². The minimum atomic E-state index is -2.14. The molecular weight excluding hydrogens is 391 g/mol. The lowest BCUT2D eigenvalue weighted by Crippen LogP contribution is -1.98. The third-order valence-corrected chi connectivity index (χ3v) is 6.52. The molecule has 3 nitrogen and oxygen atoms in total. The van der Waals surface area contributed by atoms with Gasteiger partial charge in [0.25, 0.3) is 0 Å². The molecule has 0 saturated heterocycles. The van der Waals surface area contributed by atoms with E-state index in [0.717, 1.165) is 24.0 Å². The Morgan fingerprint density at radius 1 is 0.667 bits per heavy atom. The summed E-state index contributed by atoms with van der Waals surface area (Å²) in [5.74, 6) is 1.23. The second-order valence-corrected chi connectivity index (χ2v) is 9.00. The standard InChI is InChI=1S/C26H38O3P/c1-5-9-23(7-3)25-15-11-21(12-16-25)19-28-30(27)29-20-22-13-17-26(18-14-22)24(8-4)10-6-2/h11-18,23-24H,5-10,19-20H2,1-4H3/q+1. The Morgan fingerprint density at radius 2 is 1.03 bits per heavy atom. The highest BCUT2D eigenvalue weighted by Gasteiger charge is 2.21. The van der Waals surface area contributed by atoms with Gasteiger partial charge in [0.15, 0.2) is 0 Å². The molecule has 0 radical (unpaired) electrons. The molecule has 0 saturated carbocycles. The van der Waals surface area contributed by atoms with Crippen LogP contribution in [0.5, 0.6) is 0 Å². The van der Waals surface area contributed by atoms with Crippen LogP contribution < -0.4 is 0 Å². The molecule has 2 rings (SSSR count). The fourth-order valence-electron chi connectivity index (χ4n) is 3.97. The summed E-state index contributed by atoms with van der Waals surface area (Å²) in [6, 6.07) is 16.9. The van der Waals surface area contributed by atoms with Gasteiger partial charge in [0.05, 0.1) is 0 Å². The first-order chi connectivity index (χ1) is 14.6. The third-order valence-electron chi connectivity index (χ3n) is 5.84. The first-order valence-electron chi connectivity index (χ1n) is 11.5. The van der Waals surface area contributed by atoms with Gasteiger partial charge in [-0.2, -0.15) is 0 Å². The molecule has 0 N–H and O–H groups in total. The molecule has 30 heavy (non-hydrogen) atoms. The highest BCUT2D eigenvalue weighted by Crippen LogP contribution is 2.30. The Balaban J connectivity index is 1.78. The van der Waals surface area contributed by atoms with E-state index in [1.165, 1.54) is 36.8 Å². The van der Waals surface area contributed by atoms with Crippen LogP contribution in [0.1, 0.15) is 100 Å². The van der Waals surface area contributed by atoms with Crippen LogP contribution in [0.15, 0.2) is 48.5 Å². The smallest absolute Gasteiger partial charge is 0.114 e. The summed E-state index contributed by atoms with van der Waals surface area (Å²) in [6.45, 7) is 9.52. The zero-order chi connectivity index (χ0) is 21.8. The number of hydrogen-bond donors (Lipinski definition) is 0. The van der Waals surface area contributed by atoms with Crippen molar-refractivity contribution in [1.29, 1.82) is 0 Å². The highest BCUT2D eigenvalue weighted by molar-refractivity contribution is 7.33. The van der Waals surface area contributed by atoms with Crippen molar-refractivity contribution in [3.8, 4) is 0 Å². The summed E-state index contributed by atoms with van der Waals surface area (Å²) in [4.78, 5) is 0. The molecule has 0 spiro atoms. The Morgan fingerprint density at radius 3 is 1.33 bits per heavy atom. The number of hydrogen-bond acceptors (Lipinski definition) is 3. The summed E-state index contributed by atoms with van der Waals surface area (Å²) in [5.41, 5.74) is 4.78. The molecule has 0 bridgehead atoms. The summed E-state index contributed by atoms with van der Waals surface area (Å²) < 4.78 is 23.0. The van der Waals surface area contributed by atoms with Crippen molar-refractivity contribution in [2.75, 3.05) is 0 Å². The maximum Gasteiger partial charge on any atom is 0.698 e. The molecule has 0 aliphatic rings. The van der Waals surface area contributed by atoms with Gasteiger partial charge in [0.1, 0.15) is 13.2 Å². The first kappa shape index (κ1) is 24.7. The molecule has 2 unspecified atom stereocenters. The van der Waals surface area contributed by atoms with Crippen molar-refractivity contribution < 1.29 is 13.6 Å². The van der Waals surface area contributed by atoms with E-state index in [2.05, 4.69) is 76.2 Å². The van der Waals surface area contributed by atoms with E-state index in [4.69, 9.17) is 9.05 Å². The second-order valence-electron chi connectivity index (χ2n) is 8.04. The van der Waals surface area contributed by atoms with Crippen LogP contribution in [-0.4, -0.2) is 0 Å². The van der Waals surface area contributed by atoms with Gasteiger partial charge in [-0.1, -0.05) is 89.1 Å². The molecule has 0 aliphatic carbocycles. The van der Waals surface area contributed by atoms with Gasteiger partial charge in [-0.15, -0.1) is 9.05 Å². The van der Waals surface area contributed by atoms with E-state index in [9.17, 15) is 4.57 Å². The largest absolute Gasteiger partial charge is 0.698 e. The quantitative estimate of drug-likeness (QED) is 0.282. The van der Waals surface area contributed by atoms with Crippen LogP contribution in [0.25, 0.3) is 0 Å². The van der Waals surface area contributed by atoms with Crippen LogP contribution in [0.4, 0.5) is 0 Å². The second kappa shape index (κ2) is 13.7. The molecular formula is C26H38O3P+. The van der Waals surface area contributed by atoms with E-state index in [-0.39, 0.29) is 0 Å². The minimum absolute atomic E-state index is 0.300. The number of benzene rings is 2. The fraction of sp³-hybridized carbons (Fsp3) is 0.538. The van der Waals surface area contributed by atoms with Crippen LogP contribution in [0.2, 0.25) is 0 Å². The Hall–Kier alpha value is -1.54. The van der Waals surface area contributed by atoms with Crippen molar-refractivity contribution in [1.82, 2.24) is 0 Å². The van der Waals surface area contributed by atoms with Gasteiger partial charge in [-0.25, -0.2) is 0 Å². The molecule has 2 aromatic carbocycles. The van der Waals surface area contributed by atoms with Crippen molar-refractivity contribution in [2.45, 2.75) is 91.3 Å². The van der Waals surface area contributed by atoms with Gasteiger partial charge in [-0.05, 0) is 59.8 Å². The highest BCUT2D eigenvalue weighted by atomic mass is 31.1. The average molecular weight is 430 g/mol. The molecule has 4 heteroatoms. The Bertz CT molecular complexity index is 676. The van der Waals surface area contributed by atoms with Crippen LogP contribution in [0, 0.1) is 0 Å². The summed E-state index contributed by atoms with van der Waals surface area (Å²) in [6.07, 6.45) is 7.13. The van der Waals surface area contributed by atoms with Gasteiger partial charge in [0.2, 0.25) is 0 Å². The SMILES string of the molecule is CCCC(CC)c1ccc(CO[P+](=O)OCc2ccc(C(CC)CCC)cc2)cc1. The van der Waals surface area contributed by atoms with Crippen molar-refractivity contribution >= 4 is 8.25 Å². The van der Waals surface area contributed by atoms with Crippen LogP contribution in [0.3, 0.4) is 0 Å². The van der Waals surface area contributed by atoms with Gasteiger partial charge < -0.3 is 0 Å². The maximum absolute atomic E-state index is 12.1. The lowest BCUT2D eigenvalue weighted by molar-refractivity contribution is 0.213. The van der Waals surface area contributed by atoms with Crippen LogP contribution in [-0.2, 0) is 26.8 Å². The average Bonchev–Trinajstić information content (AvgIpc) is 2.79. The Kier molecular flexibility index (Phi) is 11.3. The summed E-state index contributed by atoms with van der Waals surface area (Å²) in [5, 5.41) is 0. The maximum atomic E-state index is 12.1. The van der Waals surface area contributed by atoms with Gasteiger partial charge >= 0.3 is 8.25 Å². The molecule has 0 aliphatic heterocycles. The summed E-state index contributed by atoms with van der Waals surface area (Å²) in [7, 11) is -2.14.